The summed E-state index contributed by atoms with van der Waals surface area (Å²) in [6, 6.07) is 15.5. The van der Waals surface area contributed by atoms with Crippen molar-refractivity contribution in [2.45, 2.75) is 19.5 Å². The highest BCUT2D eigenvalue weighted by atomic mass is 16.6. The molecule has 1 heterocycles. The van der Waals surface area contributed by atoms with Crippen molar-refractivity contribution in [1.82, 2.24) is 0 Å². The van der Waals surface area contributed by atoms with E-state index >= 15 is 0 Å². The van der Waals surface area contributed by atoms with Crippen molar-refractivity contribution in [3.05, 3.63) is 75.3 Å². The number of nitrogens with zero attached hydrogens (tertiary/aromatic N) is 1. The number of hydrogen-bond donors (Lipinski definition) is 1. The maximum Gasteiger partial charge on any atom is 0.278 e. The smallest absolute Gasteiger partial charge is 0.278 e. The third-order valence-corrected chi connectivity index (χ3v) is 3.94. The third kappa shape index (κ3) is 2.56. The number of nitrogens with one attached hydrogen (secondary N) is 1. The van der Waals surface area contributed by atoms with Gasteiger partial charge in [0.25, 0.3) is 5.69 Å². The molecule has 2 aromatic carbocycles. The van der Waals surface area contributed by atoms with Crippen LogP contribution >= 0.6 is 0 Å². The van der Waals surface area contributed by atoms with Gasteiger partial charge in [0, 0.05) is 18.1 Å². The molecule has 4 heteroatoms. The summed E-state index contributed by atoms with van der Waals surface area (Å²) in [7, 11) is 0. The van der Waals surface area contributed by atoms with E-state index in [-0.39, 0.29) is 10.6 Å². The molecule has 4 nitrogen and oxygen atoms in total. The van der Waals surface area contributed by atoms with Crippen LogP contribution in [0, 0.1) is 10.1 Å². The Morgan fingerprint density at radius 3 is 2.55 bits per heavy atom. The molecule has 3 rings (SSSR count). The average Bonchev–Trinajstić information content (AvgIpc) is 2.47. The Bertz CT molecular complexity index is 640. The van der Waals surface area contributed by atoms with Crippen LogP contribution in [0.25, 0.3) is 0 Å². The van der Waals surface area contributed by atoms with Crippen LogP contribution in [0.4, 0.5) is 5.69 Å². The Kier molecular flexibility index (Phi) is 3.48. The predicted octanol–water partition coefficient (Wildman–Crippen LogP) is 1.74. The van der Waals surface area contributed by atoms with Crippen LogP contribution in [0.1, 0.15) is 16.7 Å². The Labute approximate surface area is 117 Å². The molecule has 1 atom stereocenters. The van der Waals surface area contributed by atoms with E-state index in [9.17, 15) is 10.1 Å². The summed E-state index contributed by atoms with van der Waals surface area (Å²) in [5.41, 5.74) is 3.84. The highest BCUT2D eigenvalue weighted by Gasteiger charge is 2.22. The number of hydrogen-bond acceptors (Lipinski definition) is 2. The summed E-state index contributed by atoms with van der Waals surface area (Å²) in [5, 5.41) is 11.1. The largest absolute Gasteiger partial charge is 0.327 e. The molecule has 0 spiro atoms. The van der Waals surface area contributed by atoms with E-state index in [0.29, 0.717) is 6.54 Å². The highest BCUT2D eigenvalue weighted by Crippen LogP contribution is 2.17. The summed E-state index contributed by atoms with van der Waals surface area (Å²) in [5.74, 6) is 0. The maximum absolute atomic E-state index is 11.1. The number of para-hydroxylation sites is 1. The van der Waals surface area contributed by atoms with E-state index in [1.807, 2.05) is 12.1 Å². The van der Waals surface area contributed by atoms with Gasteiger partial charge in [0.2, 0.25) is 0 Å². The normalized spacial score (nSPS) is 17.5. The summed E-state index contributed by atoms with van der Waals surface area (Å²) in [4.78, 5) is 12.2. The fourth-order valence-electron chi connectivity index (χ4n) is 2.90. The van der Waals surface area contributed by atoms with Gasteiger partial charge in [-0.3, -0.25) is 10.1 Å². The van der Waals surface area contributed by atoms with Gasteiger partial charge in [0.05, 0.1) is 17.0 Å². The minimum atomic E-state index is -0.285. The van der Waals surface area contributed by atoms with Crippen LogP contribution in [0.5, 0.6) is 0 Å². The predicted molar refractivity (Wildman–Crippen MR) is 76.5 cm³/mol. The molecule has 0 radical (unpaired) electrons. The molecule has 1 aliphatic heterocycles. The van der Waals surface area contributed by atoms with Gasteiger partial charge in [-0.2, -0.15) is 0 Å². The monoisotopic (exact) mass is 269 g/mol. The van der Waals surface area contributed by atoms with Crippen molar-refractivity contribution < 1.29 is 9.82 Å². The minimum Gasteiger partial charge on any atom is -0.327 e. The molecule has 102 valence electrons. The first-order chi connectivity index (χ1) is 9.74. The quantitative estimate of drug-likeness (QED) is 0.681. The zero-order valence-electron chi connectivity index (χ0n) is 11.2. The van der Waals surface area contributed by atoms with Crippen molar-refractivity contribution in [1.29, 1.82) is 0 Å². The van der Waals surface area contributed by atoms with Crippen LogP contribution in [-0.2, 0) is 19.5 Å². The lowest BCUT2D eigenvalue weighted by Gasteiger charge is -2.25. The molecule has 1 aliphatic rings. The molecular weight excluding hydrogens is 252 g/mol. The van der Waals surface area contributed by atoms with Crippen molar-refractivity contribution in [3.63, 3.8) is 0 Å². The molecule has 0 aliphatic carbocycles. The van der Waals surface area contributed by atoms with E-state index in [0.717, 1.165) is 25.1 Å². The standard InChI is InChI=1S/C16H16N2O2/c19-18(20)16-8-4-3-7-15(16)12-17-10-9-13-5-1-2-6-14(13)11-17/h1-8H,9-12H2/p+1. The van der Waals surface area contributed by atoms with E-state index in [2.05, 4.69) is 24.3 Å². The number of nitro groups is 1. The van der Waals surface area contributed by atoms with Crippen molar-refractivity contribution in [3.8, 4) is 0 Å². The second-order valence-electron chi connectivity index (χ2n) is 5.26. The second kappa shape index (κ2) is 5.43. The number of nitro benzene ring substituents is 1. The Balaban J connectivity index is 1.79. The van der Waals surface area contributed by atoms with E-state index in [1.165, 1.54) is 16.0 Å². The molecule has 1 N–H and O–H groups in total. The molecule has 0 saturated heterocycles. The van der Waals surface area contributed by atoms with Gasteiger partial charge in [-0.25, -0.2) is 0 Å². The Morgan fingerprint density at radius 2 is 1.75 bits per heavy atom. The molecule has 2 aromatic rings. The van der Waals surface area contributed by atoms with Gasteiger partial charge in [-0.15, -0.1) is 0 Å². The van der Waals surface area contributed by atoms with Crippen molar-refractivity contribution in [2.24, 2.45) is 0 Å². The van der Waals surface area contributed by atoms with Crippen LogP contribution in [0.15, 0.2) is 48.5 Å². The molecule has 0 amide bonds. The summed E-state index contributed by atoms with van der Waals surface area (Å²) in [6.45, 7) is 2.69. The van der Waals surface area contributed by atoms with Crippen LogP contribution in [-0.4, -0.2) is 11.5 Å². The number of benzene rings is 2. The lowest BCUT2D eigenvalue weighted by Crippen LogP contribution is -3.10. The molecule has 0 saturated carbocycles. The van der Waals surface area contributed by atoms with Gasteiger partial charge in [0.15, 0.2) is 0 Å². The minimum absolute atomic E-state index is 0.235. The molecule has 0 fully saturated rings. The summed E-state index contributed by atoms with van der Waals surface area (Å²) < 4.78 is 0. The van der Waals surface area contributed by atoms with Crippen molar-refractivity contribution >= 4 is 5.69 Å². The first-order valence-corrected chi connectivity index (χ1v) is 6.86. The number of rotatable bonds is 3. The molecule has 20 heavy (non-hydrogen) atoms. The average molecular weight is 269 g/mol. The Hall–Kier alpha value is -2.20. The van der Waals surface area contributed by atoms with E-state index in [4.69, 9.17) is 0 Å². The Morgan fingerprint density at radius 1 is 1.05 bits per heavy atom. The van der Waals surface area contributed by atoms with Gasteiger partial charge in [-0.05, 0) is 11.6 Å². The zero-order valence-corrected chi connectivity index (χ0v) is 11.2. The lowest BCUT2D eigenvalue weighted by molar-refractivity contribution is -0.929. The van der Waals surface area contributed by atoms with Gasteiger partial charge in [0.1, 0.15) is 13.1 Å². The fourth-order valence-corrected chi connectivity index (χ4v) is 2.90. The van der Waals surface area contributed by atoms with Gasteiger partial charge in [-0.1, -0.05) is 36.4 Å². The van der Waals surface area contributed by atoms with Gasteiger partial charge < -0.3 is 4.90 Å². The summed E-state index contributed by atoms with van der Waals surface area (Å²) >= 11 is 0. The SMILES string of the molecule is O=[N+]([O-])c1ccccc1C[NH+]1CCc2ccccc2C1. The highest BCUT2D eigenvalue weighted by molar-refractivity contribution is 5.39. The topological polar surface area (TPSA) is 47.6 Å². The molecule has 0 bridgehead atoms. The zero-order chi connectivity index (χ0) is 13.9. The fraction of sp³-hybridized carbons (Fsp3) is 0.250. The molecule has 0 aromatic heterocycles. The lowest BCUT2D eigenvalue weighted by atomic mass is 9.99. The third-order valence-electron chi connectivity index (χ3n) is 3.94. The van der Waals surface area contributed by atoms with E-state index in [1.54, 1.807) is 12.1 Å². The maximum atomic E-state index is 11.1. The molecule has 1 unspecified atom stereocenters. The first-order valence-electron chi connectivity index (χ1n) is 6.86. The molecular formula is C16H17N2O2+. The number of quaternary nitrogens is 1. The summed E-state index contributed by atoms with van der Waals surface area (Å²) in [6.07, 6.45) is 1.05. The van der Waals surface area contributed by atoms with Gasteiger partial charge >= 0.3 is 0 Å². The van der Waals surface area contributed by atoms with Crippen molar-refractivity contribution in [2.75, 3.05) is 6.54 Å². The number of fused-ring (bicyclic) bond motifs is 1. The second-order valence-corrected chi connectivity index (χ2v) is 5.26. The van der Waals surface area contributed by atoms with Crippen LogP contribution < -0.4 is 4.90 Å². The van der Waals surface area contributed by atoms with E-state index < -0.39 is 0 Å². The van der Waals surface area contributed by atoms with Crippen LogP contribution in [0.2, 0.25) is 0 Å². The first kappa shape index (κ1) is 12.8. The van der Waals surface area contributed by atoms with Crippen LogP contribution in [0.3, 0.4) is 0 Å².